The summed E-state index contributed by atoms with van der Waals surface area (Å²) in [4.78, 5) is 12.8. The summed E-state index contributed by atoms with van der Waals surface area (Å²) in [6.45, 7) is 1.06. The van der Waals surface area contributed by atoms with E-state index in [1.807, 2.05) is 66.7 Å². The molecule has 0 fully saturated rings. The van der Waals surface area contributed by atoms with E-state index < -0.39 is 0 Å². The molecule has 1 aliphatic rings. The molecule has 1 heterocycles. The maximum absolute atomic E-state index is 12.8. The van der Waals surface area contributed by atoms with Crippen LogP contribution in [0.25, 0.3) is 11.1 Å². The van der Waals surface area contributed by atoms with E-state index in [2.05, 4.69) is 5.32 Å². The second kappa shape index (κ2) is 6.69. The third-order valence-corrected chi connectivity index (χ3v) is 4.06. The van der Waals surface area contributed by atoms with Crippen LogP contribution in [-0.2, 0) is 0 Å². The van der Waals surface area contributed by atoms with Crippen LogP contribution in [0.2, 0.25) is 0 Å². The SMILES string of the molecule is O=C(Nc1ccc2c(c1)OCCO2)c1ccccc1-c1ccccc1. The minimum atomic E-state index is -0.156. The van der Waals surface area contributed by atoms with Gasteiger partial charge in [-0.15, -0.1) is 0 Å². The number of carbonyl (C=O) groups excluding carboxylic acids is 1. The molecule has 3 aromatic rings. The third kappa shape index (κ3) is 3.19. The van der Waals surface area contributed by atoms with E-state index in [9.17, 15) is 4.79 Å². The minimum absolute atomic E-state index is 0.156. The van der Waals surface area contributed by atoms with Gasteiger partial charge in [0.15, 0.2) is 11.5 Å². The maximum atomic E-state index is 12.8. The van der Waals surface area contributed by atoms with Crippen LogP contribution in [0.3, 0.4) is 0 Å². The van der Waals surface area contributed by atoms with Crippen LogP contribution in [0.4, 0.5) is 5.69 Å². The Kier molecular flexibility index (Phi) is 4.09. The molecule has 0 atom stereocenters. The van der Waals surface area contributed by atoms with Gasteiger partial charge in [0.1, 0.15) is 13.2 Å². The molecule has 0 aliphatic carbocycles. The first-order valence-electron chi connectivity index (χ1n) is 8.17. The molecule has 25 heavy (non-hydrogen) atoms. The summed E-state index contributed by atoms with van der Waals surface area (Å²) in [5.41, 5.74) is 3.22. The number of anilines is 1. The fourth-order valence-corrected chi connectivity index (χ4v) is 2.87. The molecular weight excluding hydrogens is 314 g/mol. The molecular formula is C21H17NO3. The Balaban J connectivity index is 1.62. The fraction of sp³-hybridized carbons (Fsp3) is 0.0952. The van der Waals surface area contributed by atoms with Crippen molar-refractivity contribution in [1.82, 2.24) is 0 Å². The largest absolute Gasteiger partial charge is 0.486 e. The van der Waals surface area contributed by atoms with Gasteiger partial charge in [0.2, 0.25) is 0 Å². The number of carbonyl (C=O) groups is 1. The minimum Gasteiger partial charge on any atom is -0.486 e. The van der Waals surface area contributed by atoms with Crippen molar-refractivity contribution in [3.8, 4) is 22.6 Å². The highest BCUT2D eigenvalue weighted by molar-refractivity contribution is 6.08. The average Bonchev–Trinajstić information content (AvgIpc) is 2.68. The van der Waals surface area contributed by atoms with Gasteiger partial charge in [0.25, 0.3) is 5.91 Å². The lowest BCUT2D eigenvalue weighted by Crippen LogP contribution is -2.16. The van der Waals surface area contributed by atoms with Gasteiger partial charge >= 0.3 is 0 Å². The highest BCUT2D eigenvalue weighted by Crippen LogP contribution is 2.33. The lowest BCUT2D eigenvalue weighted by Gasteiger charge is -2.19. The smallest absolute Gasteiger partial charge is 0.256 e. The summed E-state index contributed by atoms with van der Waals surface area (Å²) < 4.78 is 11.1. The average molecular weight is 331 g/mol. The second-order valence-corrected chi connectivity index (χ2v) is 5.72. The molecule has 124 valence electrons. The molecule has 0 bridgehead atoms. The first kappa shape index (κ1) is 15.3. The van der Waals surface area contributed by atoms with Crippen LogP contribution in [-0.4, -0.2) is 19.1 Å². The van der Waals surface area contributed by atoms with Crippen LogP contribution in [0, 0.1) is 0 Å². The van der Waals surface area contributed by atoms with Crippen LogP contribution in [0.15, 0.2) is 72.8 Å². The molecule has 4 nitrogen and oxygen atoms in total. The first-order valence-corrected chi connectivity index (χ1v) is 8.17. The van der Waals surface area contributed by atoms with Crippen LogP contribution in [0.1, 0.15) is 10.4 Å². The Hall–Kier alpha value is -3.27. The van der Waals surface area contributed by atoms with Crippen LogP contribution in [0.5, 0.6) is 11.5 Å². The summed E-state index contributed by atoms with van der Waals surface area (Å²) >= 11 is 0. The molecule has 0 unspecified atom stereocenters. The molecule has 3 aromatic carbocycles. The number of hydrogen-bond acceptors (Lipinski definition) is 3. The maximum Gasteiger partial charge on any atom is 0.256 e. The highest BCUT2D eigenvalue weighted by Gasteiger charge is 2.15. The van der Waals surface area contributed by atoms with E-state index in [1.54, 1.807) is 6.07 Å². The monoisotopic (exact) mass is 331 g/mol. The number of hydrogen-bond donors (Lipinski definition) is 1. The molecule has 1 aliphatic heterocycles. The fourth-order valence-electron chi connectivity index (χ4n) is 2.87. The standard InChI is InChI=1S/C21H17NO3/c23-21(22-16-10-11-19-20(14-16)25-13-12-24-19)18-9-5-4-8-17(18)15-6-2-1-3-7-15/h1-11,14H,12-13H2,(H,22,23). The summed E-state index contributed by atoms with van der Waals surface area (Å²) in [7, 11) is 0. The van der Waals surface area contributed by atoms with E-state index in [-0.39, 0.29) is 5.91 Å². The van der Waals surface area contributed by atoms with Crippen molar-refractivity contribution >= 4 is 11.6 Å². The van der Waals surface area contributed by atoms with Gasteiger partial charge in [0.05, 0.1) is 0 Å². The van der Waals surface area contributed by atoms with E-state index >= 15 is 0 Å². The molecule has 0 saturated carbocycles. The number of nitrogens with one attached hydrogen (secondary N) is 1. The summed E-state index contributed by atoms with van der Waals surface area (Å²) in [6.07, 6.45) is 0. The Morgan fingerprint density at radius 3 is 2.36 bits per heavy atom. The van der Waals surface area contributed by atoms with Gasteiger partial charge in [-0.05, 0) is 29.3 Å². The summed E-state index contributed by atoms with van der Waals surface area (Å²) in [6, 6.07) is 22.9. The molecule has 0 saturated heterocycles. The summed E-state index contributed by atoms with van der Waals surface area (Å²) in [5, 5.41) is 2.94. The predicted molar refractivity (Wildman–Crippen MR) is 97.3 cm³/mol. The Morgan fingerprint density at radius 1 is 0.800 bits per heavy atom. The van der Waals surface area contributed by atoms with Crippen molar-refractivity contribution in [2.24, 2.45) is 0 Å². The van der Waals surface area contributed by atoms with E-state index in [0.717, 1.165) is 11.1 Å². The molecule has 0 radical (unpaired) electrons. The van der Waals surface area contributed by atoms with E-state index in [0.29, 0.717) is 36.0 Å². The normalized spacial score (nSPS) is 12.5. The second-order valence-electron chi connectivity index (χ2n) is 5.72. The zero-order valence-electron chi connectivity index (χ0n) is 13.6. The molecule has 1 N–H and O–H groups in total. The van der Waals surface area contributed by atoms with Gasteiger partial charge in [-0.3, -0.25) is 4.79 Å². The van der Waals surface area contributed by atoms with Crippen molar-refractivity contribution in [3.05, 3.63) is 78.4 Å². The quantitative estimate of drug-likeness (QED) is 0.775. The zero-order valence-corrected chi connectivity index (χ0v) is 13.6. The third-order valence-electron chi connectivity index (χ3n) is 4.06. The molecule has 4 rings (SSSR count). The van der Waals surface area contributed by atoms with E-state index in [1.165, 1.54) is 0 Å². The van der Waals surface area contributed by atoms with Gasteiger partial charge in [-0.1, -0.05) is 48.5 Å². The van der Waals surface area contributed by atoms with Crippen LogP contribution >= 0.6 is 0 Å². The number of fused-ring (bicyclic) bond motifs is 1. The molecule has 4 heteroatoms. The van der Waals surface area contributed by atoms with Crippen molar-refractivity contribution in [2.75, 3.05) is 18.5 Å². The molecule has 0 aromatic heterocycles. The Bertz CT molecular complexity index is 906. The van der Waals surface area contributed by atoms with Crippen molar-refractivity contribution in [1.29, 1.82) is 0 Å². The number of amides is 1. The summed E-state index contributed by atoms with van der Waals surface area (Å²) in [5.74, 6) is 1.20. The van der Waals surface area contributed by atoms with Crippen molar-refractivity contribution in [3.63, 3.8) is 0 Å². The number of benzene rings is 3. The molecule has 0 spiro atoms. The van der Waals surface area contributed by atoms with Gasteiger partial charge in [-0.2, -0.15) is 0 Å². The zero-order chi connectivity index (χ0) is 17.1. The first-order chi connectivity index (χ1) is 12.3. The number of ether oxygens (including phenoxy) is 2. The Morgan fingerprint density at radius 2 is 1.52 bits per heavy atom. The lowest BCUT2D eigenvalue weighted by molar-refractivity contribution is 0.102. The topological polar surface area (TPSA) is 47.6 Å². The van der Waals surface area contributed by atoms with Gasteiger partial charge in [0, 0.05) is 17.3 Å². The van der Waals surface area contributed by atoms with Crippen LogP contribution < -0.4 is 14.8 Å². The van der Waals surface area contributed by atoms with Crippen molar-refractivity contribution < 1.29 is 14.3 Å². The van der Waals surface area contributed by atoms with E-state index in [4.69, 9.17) is 9.47 Å². The lowest BCUT2D eigenvalue weighted by atomic mass is 9.99. The molecule has 1 amide bonds. The van der Waals surface area contributed by atoms with Crippen molar-refractivity contribution in [2.45, 2.75) is 0 Å². The predicted octanol–water partition coefficient (Wildman–Crippen LogP) is 4.38. The number of rotatable bonds is 3. The highest BCUT2D eigenvalue weighted by atomic mass is 16.6. The van der Waals surface area contributed by atoms with Gasteiger partial charge in [-0.25, -0.2) is 0 Å². The Labute approximate surface area is 146 Å². The van der Waals surface area contributed by atoms with Gasteiger partial charge < -0.3 is 14.8 Å².